The Morgan fingerprint density at radius 1 is 1.17 bits per heavy atom. The maximum absolute atomic E-state index is 13.0. The molecule has 3 nitrogen and oxygen atoms in total. The largest absolute Gasteiger partial charge is 0.489 e. The number of hydrogen-bond acceptors (Lipinski definition) is 3. The summed E-state index contributed by atoms with van der Waals surface area (Å²) in [6, 6.07) is 10.2. The molecule has 0 N–H and O–H groups in total. The number of carbonyl (C=O) groups excluding carboxylic acids is 1. The van der Waals surface area contributed by atoms with Gasteiger partial charge < -0.3 is 9.47 Å². The molecule has 0 aliphatic carbocycles. The molecule has 0 aromatic heterocycles. The van der Waals surface area contributed by atoms with Crippen molar-refractivity contribution in [3.05, 3.63) is 64.7 Å². The summed E-state index contributed by atoms with van der Waals surface area (Å²) >= 11 is 0. The molecule has 0 unspecified atom stereocenters. The van der Waals surface area contributed by atoms with E-state index in [1.807, 2.05) is 0 Å². The van der Waals surface area contributed by atoms with Crippen LogP contribution >= 0.6 is 0 Å². The van der Waals surface area contributed by atoms with Gasteiger partial charge in [-0.1, -0.05) is 18.2 Å². The summed E-state index contributed by atoms with van der Waals surface area (Å²) in [7, 11) is 0. The third-order valence-corrected chi connectivity index (χ3v) is 3.59. The zero-order valence-corrected chi connectivity index (χ0v) is 12.5. The molecule has 1 aliphatic rings. The maximum Gasteiger partial charge on any atom is 0.416 e. The lowest BCUT2D eigenvalue weighted by Crippen LogP contribution is -2.11. The normalized spacial score (nSPS) is 13.5. The van der Waals surface area contributed by atoms with Gasteiger partial charge >= 0.3 is 6.18 Å². The highest BCUT2D eigenvalue weighted by Gasteiger charge is 2.33. The molecule has 2 aromatic rings. The molecule has 0 saturated carbocycles. The van der Waals surface area contributed by atoms with Crippen molar-refractivity contribution in [2.75, 3.05) is 6.61 Å². The molecule has 0 fully saturated rings. The molecule has 6 heteroatoms. The first-order valence-corrected chi connectivity index (χ1v) is 7.18. The van der Waals surface area contributed by atoms with E-state index in [0.29, 0.717) is 17.1 Å². The lowest BCUT2D eigenvalue weighted by molar-refractivity contribution is -0.138. The highest BCUT2D eigenvalue weighted by Crippen LogP contribution is 2.33. The van der Waals surface area contributed by atoms with Crippen molar-refractivity contribution in [3.8, 4) is 11.5 Å². The van der Waals surface area contributed by atoms with Crippen molar-refractivity contribution in [1.29, 1.82) is 0 Å². The molecular formula is C18H13F3O3. The van der Waals surface area contributed by atoms with Crippen molar-refractivity contribution >= 4 is 12.4 Å². The van der Waals surface area contributed by atoms with Gasteiger partial charge in [-0.2, -0.15) is 13.2 Å². The van der Waals surface area contributed by atoms with Crippen LogP contribution in [0, 0.1) is 0 Å². The lowest BCUT2D eigenvalue weighted by atomic mass is 10.1. The molecular weight excluding hydrogens is 321 g/mol. The Labute approximate surface area is 136 Å². The molecule has 2 aromatic carbocycles. The second-order valence-corrected chi connectivity index (χ2v) is 5.27. The second-order valence-electron chi connectivity index (χ2n) is 5.27. The molecule has 0 saturated heterocycles. The molecule has 1 aliphatic heterocycles. The Morgan fingerprint density at radius 3 is 2.71 bits per heavy atom. The number of benzene rings is 2. The monoisotopic (exact) mass is 334 g/mol. The predicted molar refractivity (Wildman–Crippen MR) is 81.8 cm³/mol. The fraction of sp³-hybridized carbons (Fsp3) is 0.167. The highest BCUT2D eigenvalue weighted by molar-refractivity contribution is 5.84. The van der Waals surface area contributed by atoms with Crippen LogP contribution in [-0.4, -0.2) is 12.9 Å². The van der Waals surface area contributed by atoms with Crippen LogP contribution in [0.3, 0.4) is 0 Å². The fourth-order valence-electron chi connectivity index (χ4n) is 2.40. The average molecular weight is 334 g/mol. The SMILES string of the molecule is O=CC1=Cc2ccc(OCc3ccccc3C(F)(F)F)cc2OC1. The fourth-order valence-corrected chi connectivity index (χ4v) is 2.40. The number of hydrogen-bond donors (Lipinski definition) is 0. The van der Waals surface area contributed by atoms with E-state index in [0.717, 1.165) is 17.9 Å². The van der Waals surface area contributed by atoms with Gasteiger partial charge in [0.1, 0.15) is 31.0 Å². The lowest BCUT2D eigenvalue weighted by Gasteiger charge is -2.17. The van der Waals surface area contributed by atoms with Crippen LogP contribution in [-0.2, 0) is 17.6 Å². The second kappa shape index (κ2) is 6.39. The summed E-state index contributed by atoms with van der Waals surface area (Å²) in [5.41, 5.74) is 0.603. The molecule has 1 heterocycles. The van der Waals surface area contributed by atoms with Crippen LogP contribution in [0.1, 0.15) is 16.7 Å². The van der Waals surface area contributed by atoms with Crippen LogP contribution in [0.4, 0.5) is 13.2 Å². The highest BCUT2D eigenvalue weighted by atomic mass is 19.4. The van der Waals surface area contributed by atoms with Gasteiger partial charge in [0.05, 0.1) is 5.56 Å². The van der Waals surface area contributed by atoms with Crippen LogP contribution in [0.2, 0.25) is 0 Å². The quantitative estimate of drug-likeness (QED) is 0.784. The number of carbonyl (C=O) groups is 1. The molecule has 0 amide bonds. The van der Waals surface area contributed by atoms with Gasteiger partial charge in [0.15, 0.2) is 0 Å². The van der Waals surface area contributed by atoms with E-state index in [1.165, 1.54) is 18.2 Å². The van der Waals surface area contributed by atoms with Gasteiger partial charge in [-0.25, -0.2) is 0 Å². The number of ether oxygens (including phenoxy) is 2. The molecule has 3 rings (SSSR count). The number of aldehydes is 1. The zero-order chi connectivity index (χ0) is 17.2. The smallest absolute Gasteiger partial charge is 0.416 e. The Bertz CT molecular complexity index is 794. The third kappa shape index (κ3) is 3.42. The molecule has 124 valence electrons. The average Bonchev–Trinajstić information content (AvgIpc) is 2.58. The van der Waals surface area contributed by atoms with Gasteiger partial charge in [-0.05, 0) is 24.3 Å². The van der Waals surface area contributed by atoms with Crippen molar-refractivity contribution < 1.29 is 27.4 Å². The summed E-state index contributed by atoms with van der Waals surface area (Å²) < 4.78 is 49.8. The number of alkyl halides is 3. The van der Waals surface area contributed by atoms with Crippen molar-refractivity contribution in [1.82, 2.24) is 0 Å². The van der Waals surface area contributed by atoms with E-state index >= 15 is 0 Å². The van der Waals surface area contributed by atoms with Crippen molar-refractivity contribution in [2.24, 2.45) is 0 Å². The third-order valence-electron chi connectivity index (χ3n) is 3.59. The molecule has 24 heavy (non-hydrogen) atoms. The molecule has 0 spiro atoms. The Kier molecular flexibility index (Phi) is 4.29. The number of halogens is 3. The summed E-state index contributed by atoms with van der Waals surface area (Å²) in [5.74, 6) is 0.927. The summed E-state index contributed by atoms with van der Waals surface area (Å²) in [6.45, 7) is -0.0409. The minimum atomic E-state index is -4.42. The van der Waals surface area contributed by atoms with Crippen LogP contribution in [0.25, 0.3) is 6.08 Å². The van der Waals surface area contributed by atoms with E-state index in [2.05, 4.69) is 0 Å². The van der Waals surface area contributed by atoms with Crippen LogP contribution in [0.15, 0.2) is 48.0 Å². The topological polar surface area (TPSA) is 35.5 Å². The molecule has 0 atom stereocenters. The van der Waals surface area contributed by atoms with Gasteiger partial charge in [0.2, 0.25) is 0 Å². The minimum Gasteiger partial charge on any atom is -0.489 e. The van der Waals surface area contributed by atoms with Gasteiger partial charge in [0.25, 0.3) is 0 Å². The maximum atomic E-state index is 13.0. The molecule has 0 bridgehead atoms. The first-order chi connectivity index (χ1) is 11.5. The summed E-state index contributed by atoms with van der Waals surface area (Å²) in [4.78, 5) is 10.7. The first kappa shape index (κ1) is 16.1. The van der Waals surface area contributed by atoms with E-state index in [-0.39, 0.29) is 18.8 Å². The van der Waals surface area contributed by atoms with E-state index in [1.54, 1.807) is 24.3 Å². The van der Waals surface area contributed by atoms with E-state index in [9.17, 15) is 18.0 Å². The minimum absolute atomic E-state index is 0.0618. The summed E-state index contributed by atoms with van der Waals surface area (Å²) in [6.07, 6.45) is -2.00. The van der Waals surface area contributed by atoms with Gasteiger partial charge in [-0.15, -0.1) is 0 Å². The van der Waals surface area contributed by atoms with Crippen LogP contribution < -0.4 is 9.47 Å². The number of fused-ring (bicyclic) bond motifs is 1. The first-order valence-electron chi connectivity index (χ1n) is 7.18. The Balaban J connectivity index is 1.77. The molecule has 0 radical (unpaired) electrons. The summed E-state index contributed by atoms with van der Waals surface area (Å²) in [5, 5.41) is 0. The standard InChI is InChI=1S/C18H13F3O3/c19-18(20,21)16-4-2-1-3-14(16)11-23-15-6-5-13-7-12(9-22)10-24-17(13)8-15/h1-9H,10-11H2. The zero-order valence-electron chi connectivity index (χ0n) is 12.5. The van der Waals surface area contributed by atoms with Crippen molar-refractivity contribution in [2.45, 2.75) is 12.8 Å². The Morgan fingerprint density at radius 2 is 1.96 bits per heavy atom. The van der Waals surface area contributed by atoms with Gasteiger partial charge in [-0.3, -0.25) is 4.79 Å². The van der Waals surface area contributed by atoms with E-state index in [4.69, 9.17) is 9.47 Å². The van der Waals surface area contributed by atoms with Crippen LogP contribution in [0.5, 0.6) is 11.5 Å². The van der Waals surface area contributed by atoms with Gasteiger partial charge in [0, 0.05) is 22.8 Å². The van der Waals surface area contributed by atoms with E-state index < -0.39 is 11.7 Å². The van der Waals surface area contributed by atoms with Crippen molar-refractivity contribution in [3.63, 3.8) is 0 Å². The number of rotatable bonds is 4. The Hall–Kier alpha value is -2.76. The predicted octanol–water partition coefficient (Wildman–Crippen LogP) is 4.26.